The lowest BCUT2D eigenvalue weighted by atomic mass is 10.3. The summed E-state index contributed by atoms with van der Waals surface area (Å²) in [4.78, 5) is 26.8. The van der Waals surface area contributed by atoms with Crippen molar-refractivity contribution in [2.45, 2.75) is 26.5 Å². The topological polar surface area (TPSA) is 102 Å². The number of hydrogen-bond donors (Lipinski definition) is 2. The number of aromatic carboxylic acids is 1. The number of carboxylic acid groups (broad SMARTS) is 1. The van der Waals surface area contributed by atoms with Gasteiger partial charge in [-0.1, -0.05) is 6.07 Å². The van der Waals surface area contributed by atoms with Crippen molar-refractivity contribution in [1.29, 1.82) is 0 Å². The molecule has 0 aliphatic carbocycles. The second kappa shape index (κ2) is 6.75. The number of nitrogens with zero attached hydrogens (tertiary/aromatic N) is 1. The molecule has 116 valence electrons. The lowest BCUT2D eigenvalue weighted by Gasteiger charge is -2.09. The fourth-order valence-electron chi connectivity index (χ4n) is 1.69. The Labute approximate surface area is 126 Å². The molecular weight excluding hydrogens is 288 g/mol. The zero-order valence-electron chi connectivity index (χ0n) is 12.2. The maximum atomic E-state index is 12.0. The standard InChI is InChI=1S/C15H16N2O5/c1-9(2)21-13-5-3-4-11(17-13)14(18)16-8-10-6-7-12(22-10)15(19)20/h3-7,9H,8H2,1-2H3,(H,16,18)(H,19,20). The number of carboxylic acids is 1. The van der Waals surface area contributed by atoms with Gasteiger partial charge in [0, 0.05) is 6.07 Å². The number of aromatic nitrogens is 1. The third kappa shape index (κ3) is 4.08. The van der Waals surface area contributed by atoms with Gasteiger partial charge in [0.05, 0.1) is 12.6 Å². The third-order valence-electron chi connectivity index (χ3n) is 2.61. The number of carbonyl (C=O) groups is 2. The average Bonchev–Trinajstić information content (AvgIpc) is 2.93. The van der Waals surface area contributed by atoms with Crippen LogP contribution in [0.1, 0.15) is 40.7 Å². The van der Waals surface area contributed by atoms with E-state index < -0.39 is 11.9 Å². The first-order chi connectivity index (χ1) is 10.5. The van der Waals surface area contributed by atoms with Gasteiger partial charge in [0.1, 0.15) is 11.5 Å². The molecule has 0 saturated heterocycles. The molecule has 0 saturated carbocycles. The lowest BCUT2D eigenvalue weighted by molar-refractivity contribution is 0.0660. The normalized spacial score (nSPS) is 10.5. The number of ether oxygens (including phenoxy) is 1. The molecule has 7 nitrogen and oxygen atoms in total. The lowest BCUT2D eigenvalue weighted by Crippen LogP contribution is -2.23. The highest BCUT2D eigenvalue weighted by Crippen LogP contribution is 2.11. The highest BCUT2D eigenvalue weighted by molar-refractivity contribution is 5.92. The van der Waals surface area contributed by atoms with Gasteiger partial charge in [-0.2, -0.15) is 0 Å². The van der Waals surface area contributed by atoms with E-state index in [1.807, 2.05) is 13.8 Å². The predicted molar refractivity (Wildman–Crippen MR) is 76.8 cm³/mol. The Morgan fingerprint density at radius 1 is 1.32 bits per heavy atom. The minimum absolute atomic E-state index is 0.0385. The summed E-state index contributed by atoms with van der Waals surface area (Å²) in [5.74, 6) is -1.01. The van der Waals surface area contributed by atoms with Crippen LogP contribution in [0.3, 0.4) is 0 Å². The van der Waals surface area contributed by atoms with Crippen LogP contribution in [0.4, 0.5) is 0 Å². The first-order valence-electron chi connectivity index (χ1n) is 6.69. The Bertz CT molecular complexity index is 678. The molecule has 2 aromatic heterocycles. The highest BCUT2D eigenvalue weighted by Gasteiger charge is 2.12. The van der Waals surface area contributed by atoms with E-state index in [1.165, 1.54) is 12.1 Å². The Kier molecular flexibility index (Phi) is 4.77. The SMILES string of the molecule is CC(C)Oc1cccc(C(=O)NCc2ccc(C(=O)O)o2)n1. The second-order valence-electron chi connectivity index (χ2n) is 4.78. The molecule has 22 heavy (non-hydrogen) atoms. The van der Waals surface area contributed by atoms with Gasteiger partial charge in [0.2, 0.25) is 11.6 Å². The van der Waals surface area contributed by atoms with Crippen molar-refractivity contribution >= 4 is 11.9 Å². The van der Waals surface area contributed by atoms with E-state index in [4.69, 9.17) is 14.3 Å². The van der Waals surface area contributed by atoms with Crippen LogP contribution in [0, 0.1) is 0 Å². The van der Waals surface area contributed by atoms with Crippen LogP contribution >= 0.6 is 0 Å². The van der Waals surface area contributed by atoms with Crippen molar-refractivity contribution in [2.75, 3.05) is 0 Å². The number of pyridine rings is 1. The fraction of sp³-hybridized carbons (Fsp3) is 0.267. The molecule has 0 aliphatic rings. The number of hydrogen-bond acceptors (Lipinski definition) is 5. The van der Waals surface area contributed by atoms with Crippen LogP contribution in [-0.2, 0) is 6.54 Å². The highest BCUT2D eigenvalue weighted by atomic mass is 16.5. The van der Waals surface area contributed by atoms with Crippen LogP contribution < -0.4 is 10.1 Å². The summed E-state index contributed by atoms with van der Waals surface area (Å²) < 4.78 is 10.5. The van der Waals surface area contributed by atoms with E-state index in [0.717, 1.165) is 0 Å². The van der Waals surface area contributed by atoms with Crippen LogP contribution in [0.25, 0.3) is 0 Å². The monoisotopic (exact) mass is 304 g/mol. The molecular formula is C15H16N2O5. The third-order valence-corrected chi connectivity index (χ3v) is 2.61. The molecule has 0 aliphatic heterocycles. The molecule has 0 bridgehead atoms. The number of amides is 1. The summed E-state index contributed by atoms with van der Waals surface area (Å²) in [6.07, 6.45) is -0.0385. The Hall–Kier alpha value is -2.83. The van der Waals surface area contributed by atoms with Crippen molar-refractivity contribution in [3.8, 4) is 5.88 Å². The van der Waals surface area contributed by atoms with Gasteiger partial charge in [-0.15, -0.1) is 0 Å². The largest absolute Gasteiger partial charge is 0.475 e. The van der Waals surface area contributed by atoms with Gasteiger partial charge in [-0.3, -0.25) is 4.79 Å². The number of rotatable bonds is 6. The van der Waals surface area contributed by atoms with Gasteiger partial charge >= 0.3 is 5.97 Å². The van der Waals surface area contributed by atoms with E-state index in [0.29, 0.717) is 11.6 Å². The maximum Gasteiger partial charge on any atom is 0.371 e. The van der Waals surface area contributed by atoms with E-state index in [-0.39, 0.29) is 24.1 Å². The van der Waals surface area contributed by atoms with Gasteiger partial charge in [-0.25, -0.2) is 9.78 Å². The van der Waals surface area contributed by atoms with Crippen LogP contribution in [-0.4, -0.2) is 28.1 Å². The van der Waals surface area contributed by atoms with E-state index in [2.05, 4.69) is 10.3 Å². The molecule has 0 fully saturated rings. The van der Waals surface area contributed by atoms with Crippen LogP contribution in [0.2, 0.25) is 0 Å². The zero-order chi connectivity index (χ0) is 16.1. The summed E-state index contributed by atoms with van der Waals surface area (Å²) in [7, 11) is 0. The Balaban J connectivity index is 1.98. The number of carbonyl (C=O) groups excluding carboxylic acids is 1. The molecule has 1 amide bonds. The summed E-state index contributed by atoms with van der Waals surface area (Å²) in [6, 6.07) is 7.74. The molecule has 0 radical (unpaired) electrons. The first-order valence-corrected chi connectivity index (χ1v) is 6.69. The fourth-order valence-corrected chi connectivity index (χ4v) is 1.69. The molecule has 2 heterocycles. The smallest absolute Gasteiger partial charge is 0.371 e. The van der Waals surface area contributed by atoms with Crippen LogP contribution in [0.15, 0.2) is 34.7 Å². The average molecular weight is 304 g/mol. The minimum Gasteiger partial charge on any atom is -0.475 e. The number of furan rings is 1. The van der Waals surface area contributed by atoms with Gasteiger partial charge < -0.3 is 19.6 Å². The summed E-state index contributed by atoms with van der Waals surface area (Å²) in [5, 5.41) is 11.4. The van der Waals surface area contributed by atoms with E-state index >= 15 is 0 Å². The molecule has 0 spiro atoms. The summed E-state index contributed by atoms with van der Waals surface area (Å²) in [6.45, 7) is 3.81. The maximum absolute atomic E-state index is 12.0. The van der Waals surface area contributed by atoms with Crippen molar-refractivity contribution in [3.05, 3.63) is 47.5 Å². The Morgan fingerprint density at radius 2 is 2.09 bits per heavy atom. The van der Waals surface area contributed by atoms with Crippen molar-refractivity contribution in [1.82, 2.24) is 10.3 Å². The molecule has 0 atom stereocenters. The molecule has 2 rings (SSSR count). The summed E-state index contributed by atoms with van der Waals surface area (Å²) in [5.41, 5.74) is 0.211. The van der Waals surface area contributed by atoms with Crippen molar-refractivity contribution in [2.24, 2.45) is 0 Å². The zero-order valence-corrected chi connectivity index (χ0v) is 12.2. The molecule has 2 N–H and O–H groups in total. The van der Waals surface area contributed by atoms with Gasteiger partial charge in [0.25, 0.3) is 5.91 Å². The van der Waals surface area contributed by atoms with Crippen molar-refractivity contribution in [3.63, 3.8) is 0 Å². The first kappa shape index (κ1) is 15.6. The minimum atomic E-state index is -1.15. The van der Waals surface area contributed by atoms with Crippen LogP contribution in [0.5, 0.6) is 5.88 Å². The van der Waals surface area contributed by atoms with E-state index in [9.17, 15) is 9.59 Å². The molecule has 0 unspecified atom stereocenters. The van der Waals surface area contributed by atoms with Gasteiger partial charge in [0.15, 0.2) is 0 Å². The molecule has 0 aromatic carbocycles. The summed E-state index contributed by atoms with van der Waals surface area (Å²) >= 11 is 0. The van der Waals surface area contributed by atoms with Gasteiger partial charge in [-0.05, 0) is 32.0 Å². The van der Waals surface area contributed by atoms with Crippen molar-refractivity contribution < 1.29 is 23.8 Å². The quantitative estimate of drug-likeness (QED) is 0.847. The molecule has 2 aromatic rings. The molecule has 7 heteroatoms. The second-order valence-corrected chi connectivity index (χ2v) is 4.78. The Morgan fingerprint density at radius 3 is 2.73 bits per heavy atom. The predicted octanol–water partition coefficient (Wildman–Crippen LogP) is 2.09. The number of nitrogens with one attached hydrogen (secondary N) is 1. The van der Waals surface area contributed by atoms with E-state index in [1.54, 1.807) is 18.2 Å².